The minimum atomic E-state index is -0.160. The van der Waals surface area contributed by atoms with Gasteiger partial charge in [-0.25, -0.2) is 4.39 Å². The van der Waals surface area contributed by atoms with Gasteiger partial charge in [0.2, 0.25) is 0 Å². The quantitative estimate of drug-likeness (QED) is 0.570. The Morgan fingerprint density at radius 3 is 2.80 bits per heavy atom. The molecule has 0 unspecified atom stereocenters. The molecule has 15 heavy (non-hydrogen) atoms. The molecule has 1 nitrogen and oxygen atoms in total. The molecule has 0 saturated carbocycles. The third-order valence-electron chi connectivity index (χ3n) is 2.47. The standard InChI is InChI=1S/C12H8FNS/c13-10-3-1-2-8-9-6-7(14)4-5-11(9)15-12(8)10/h1-6H,14H2. The van der Waals surface area contributed by atoms with Crippen LogP contribution >= 0.6 is 11.3 Å². The molecule has 0 aliphatic heterocycles. The van der Waals surface area contributed by atoms with Crippen molar-refractivity contribution < 1.29 is 4.39 Å². The number of benzene rings is 2. The van der Waals surface area contributed by atoms with Gasteiger partial charge in [-0.3, -0.25) is 0 Å². The fourth-order valence-electron chi connectivity index (χ4n) is 1.78. The van der Waals surface area contributed by atoms with Crippen LogP contribution in [0.1, 0.15) is 0 Å². The Hall–Kier alpha value is -1.61. The van der Waals surface area contributed by atoms with E-state index in [1.54, 1.807) is 6.07 Å². The molecule has 0 atom stereocenters. The van der Waals surface area contributed by atoms with Crippen molar-refractivity contribution in [1.29, 1.82) is 0 Å². The van der Waals surface area contributed by atoms with E-state index in [-0.39, 0.29) is 5.82 Å². The zero-order chi connectivity index (χ0) is 10.4. The van der Waals surface area contributed by atoms with E-state index in [2.05, 4.69) is 0 Å². The Balaban J connectivity index is 2.58. The number of fused-ring (bicyclic) bond motifs is 3. The summed E-state index contributed by atoms with van der Waals surface area (Å²) < 4.78 is 15.3. The third-order valence-corrected chi connectivity index (χ3v) is 3.67. The average molecular weight is 217 g/mol. The first kappa shape index (κ1) is 8.68. The minimum absolute atomic E-state index is 0.160. The fraction of sp³-hybridized carbons (Fsp3) is 0. The summed E-state index contributed by atoms with van der Waals surface area (Å²) in [6.07, 6.45) is 0. The Kier molecular flexibility index (Phi) is 1.70. The Morgan fingerprint density at radius 1 is 1.07 bits per heavy atom. The van der Waals surface area contributed by atoms with Crippen molar-refractivity contribution in [2.45, 2.75) is 0 Å². The summed E-state index contributed by atoms with van der Waals surface area (Å²) in [6, 6.07) is 10.8. The lowest BCUT2D eigenvalue weighted by atomic mass is 10.1. The summed E-state index contributed by atoms with van der Waals surface area (Å²) in [5.41, 5.74) is 6.44. The molecule has 0 bridgehead atoms. The Labute approximate surface area is 89.9 Å². The zero-order valence-corrected chi connectivity index (χ0v) is 8.64. The molecule has 2 aromatic carbocycles. The van der Waals surface area contributed by atoms with Crippen LogP contribution in [-0.4, -0.2) is 0 Å². The van der Waals surface area contributed by atoms with Crippen molar-refractivity contribution in [1.82, 2.24) is 0 Å². The zero-order valence-electron chi connectivity index (χ0n) is 7.83. The highest BCUT2D eigenvalue weighted by Crippen LogP contribution is 2.35. The molecule has 2 N–H and O–H groups in total. The molecule has 0 aliphatic carbocycles. The summed E-state index contributed by atoms with van der Waals surface area (Å²) in [4.78, 5) is 0. The number of hydrogen-bond donors (Lipinski definition) is 1. The van der Waals surface area contributed by atoms with E-state index in [4.69, 9.17) is 5.73 Å². The summed E-state index contributed by atoms with van der Waals surface area (Å²) in [6.45, 7) is 0. The normalized spacial score (nSPS) is 11.3. The van der Waals surface area contributed by atoms with E-state index in [1.807, 2.05) is 24.3 Å². The van der Waals surface area contributed by atoms with Gasteiger partial charge in [0.1, 0.15) is 5.82 Å². The van der Waals surface area contributed by atoms with Crippen molar-refractivity contribution >= 4 is 37.2 Å². The number of nitrogens with two attached hydrogens (primary N) is 1. The second-order valence-electron chi connectivity index (χ2n) is 3.47. The number of nitrogen functional groups attached to an aromatic ring is 1. The molecule has 3 rings (SSSR count). The molecule has 3 aromatic rings. The topological polar surface area (TPSA) is 26.0 Å². The second-order valence-corrected chi connectivity index (χ2v) is 4.53. The molecular weight excluding hydrogens is 209 g/mol. The lowest BCUT2D eigenvalue weighted by Crippen LogP contribution is -1.81. The van der Waals surface area contributed by atoms with Crippen LogP contribution in [0.15, 0.2) is 36.4 Å². The van der Waals surface area contributed by atoms with E-state index < -0.39 is 0 Å². The first-order chi connectivity index (χ1) is 7.25. The fourth-order valence-corrected chi connectivity index (χ4v) is 2.87. The maximum Gasteiger partial charge on any atom is 0.141 e. The van der Waals surface area contributed by atoms with Gasteiger partial charge in [-0.2, -0.15) is 0 Å². The van der Waals surface area contributed by atoms with Crippen LogP contribution in [0.2, 0.25) is 0 Å². The van der Waals surface area contributed by atoms with Gasteiger partial charge >= 0.3 is 0 Å². The van der Waals surface area contributed by atoms with Crippen molar-refractivity contribution in [2.75, 3.05) is 5.73 Å². The highest BCUT2D eigenvalue weighted by Gasteiger charge is 2.07. The van der Waals surface area contributed by atoms with Gasteiger partial charge in [-0.05, 0) is 24.3 Å². The van der Waals surface area contributed by atoms with E-state index in [1.165, 1.54) is 17.4 Å². The van der Waals surface area contributed by atoms with E-state index in [0.29, 0.717) is 10.4 Å². The largest absolute Gasteiger partial charge is 0.399 e. The maximum atomic E-state index is 13.5. The minimum Gasteiger partial charge on any atom is -0.399 e. The highest BCUT2D eigenvalue weighted by atomic mass is 32.1. The predicted octanol–water partition coefficient (Wildman–Crippen LogP) is 3.78. The molecule has 3 heteroatoms. The highest BCUT2D eigenvalue weighted by molar-refractivity contribution is 7.25. The van der Waals surface area contributed by atoms with Crippen molar-refractivity contribution in [3.8, 4) is 0 Å². The van der Waals surface area contributed by atoms with Gasteiger partial charge in [-0.15, -0.1) is 11.3 Å². The average Bonchev–Trinajstić information content (AvgIpc) is 2.58. The SMILES string of the molecule is Nc1ccc2sc3c(F)cccc3c2c1. The number of halogens is 1. The van der Waals surface area contributed by atoms with Gasteiger partial charge in [-0.1, -0.05) is 12.1 Å². The smallest absolute Gasteiger partial charge is 0.141 e. The number of thiophene rings is 1. The molecule has 74 valence electrons. The summed E-state index contributed by atoms with van der Waals surface area (Å²) in [5.74, 6) is -0.160. The Bertz CT molecular complexity index is 657. The molecule has 1 heterocycles. The third kappa shape index (κ3) is 1.20. The van der Waals surface area contributed by atoms with Crippen molar-refractivity contribution in [3.63, 3.8) is 0 Å². The summed E-state index contributed by atoms with van der Waals surface area (Å²) in [7, 11) is 0. The van der Waals surface area contributed by atoms with Crippen LogP contribution in [-0.2, 0) is 0 Å². The van der Waals surface area contributed by atoms with Gasteiger partial charge in [0.15, 0.2) is 0 Å². The molecule has 0 spiro atoms. The lowest BCUT2D eigenvalue weighted by molar-refractivity contribution is 0.642. The van der Waals surface area contributed by atoms with E-state index in [0.717, 1.165) is 15.5 Å². The monoisotopic (exact) mass is 217 g/mol. The van der Waals surface area contributed by atoms with Crippen LogP contribution in [0.4, 0.5) is 10.1 Å². The van der Waals surface area contributed by atoms with E-state index >= 15 is 0 Å². The predicted molar refractivity (Wildman–Crippen MR) is 63.7 cm³/mol. The Morgan fingerprint density at radius 2 is 1.93 bits per heavy atom. The van der Waals surface area contributed by atoms with Gasteiger partial charge < -0.3 is 5.73 Å². The summed E-state index contributed by atoms with van der Waals surface area (Å²) >= 11 is 1.47. The second kappa shape index (κ2) is 2.94. The van der Waals surface area contributed by atoms with Crippen LogP contribution < -0.4 is 5.73 Å². The number of hydrogen-bond acceptors (Lipinski definition) is 2. The lowest BCUT2D eigenvalue weighted by Gasteiger charge is -1.93. The molecule has 0 amide bonds. The first-order valence-corrected chi connectivity index (χ1v) is 5.43. The van der Waals surface area contributed by atoms with Crippen molar-refractivity contribution in [3.05, 3.63) is 42.2 Å². The molecule has 1 aromatic heterocycles. The summed E-state index contributed by atoms with van der Waals surface area (Å²) in [5, 5.41) is 1.98. The first-order valence-electron chi connectivity index (χ1n) is 4.62. The molecular formula is C12H8FNS. The number of anilines is 1. The molecule has 0 fully saturated rings. The van der Waals surface area contributed by atoms with Gasteiger partial charge in [0.25, 0.3) is 0 Å². The van der Waals surface area contributed by atoms with Crippen LogP contribution in [0, 0.1) is 5.82 Å². The van der Waals surface area contributed by atoms with Crippen LogP contribution in [0.3, 0.4) is 0 Å². The van der Waals surface area contributed by atoms with Crippen LogP contribution in [0.5, 0.6) is 0 Å². The molecule has 0 aliphatic rings. The van der Waals surface area contributed by atoms with E-state index in [9.17, 15) is 4.39 Å². The van der Waals surface area contributed by atoms with Gasteiger partial charge in [0, 0.05) is 21.2 Å². The van der Waals surface area contributed by atoms with Crippen molar-refractivity contribution in [2.24, 2.45) is 0 Å². The van der Waals surface area contributed by atoms with Crippen LogP contribution in [0.25, 0.3) is 20.2 Å². The number of rotatable bonds is 0. The van der Waals surface area contributed by atoms with Gasteiger partial charge in [0.05, 0.1) is 4.70 Å². The molecule has 0 radical (unpaired) electrons. The molecule has 0 saturated heterocycles. The maximum absolute atomic E-state index is 13.5.